The molecule has 0 aromatic rings. The highest BCUT2D eigenvalue weighted by Crippen LogP contribution is 2.55. The number of carbonyl (C=O) groups is 3. The number of β-lactam (4-membered cyclic amide) rings is 1. The van der Waals surface area contributed by atoms with Crippen LogP contribution in [0.5, 0.6) is 0 Å². The van der Waals surface area contributed by atoms with Crippen molar-refractivity contribution in [2.24, 2.45) is 5.92 Å². The number of hydrogen-bond acceptors (Lipinski definition) is 6. The van der Waals surface area contributed by atoms with E-state index in [1.54, 1.807) is 0 Å². The number of carbonyl (C=O) groups excluding carboxylic acids is 2. The summed E-state index contributed by atoms with van der Waals surface area (Å²) in [5.41, 5.74) is 0.0143. The second kappa shape index (κ2) is 7.37. The number of aliphatic carboxylic acids is 1. The summed E-state index contributed by atoms with van der Waals surface area (Å²) in [4.78, 5) is 38.0. The van der Waals surface area contributed by atoms with Crippen LogP contribution < -0.4 is 5.32 Å². The topological polar surface area (TPSA) is 95.9 Å². The molecule has 0 spiro atoms. The maximum Gasteiger partial charge on any atom is 0.354 e. The number of thioether (sulfide) groups is 2. The van der Waals surface area contributed by atoms with Crippen LogP contribution in [0.1, 0.15) is 34.1 Å². The second-order valence-electron chi connectivity index (χ2n) is 8.95. The van der Waals surface area contributed by atoms with Gasteiger partial charge in [0.05, 0.1) is 21.5 Å². The van der Waals surface area contributed by atoms with E-state index in [9.17, 15) is 19.5 Å². The molecule has 0 saturated carbocycles. The fourth-order valence-corrected chi connectivity index (χ4v) is 7.94. The minimum atomic E-state index is -2.05. The van der Waals surface area contributed by atoms with Gasteiger partial charge in [-0.25, -0.2) is 4.79 Å². The molecule has 1 unspecified atom stereocenters. The van der Waals surface area contributed by atoms with E-state index in [1.165, 1.54) is 28.4 Å². The third-order valence-corrected chi connectivity index (χ3v) is 13.4. The molecule has 0 aromatic heterocycles. The molecule has 2 amide bonds. The van der Waals surface area contributed by atoms with Crippen LogP contribution >= 0.6 is 23.5 Å². The predicted molar refractivity (Wildman–Crippen MR) is 113 cm³/mol. The van der Waals surface area contributed by atoms with E-state index >= 15 is 0 Å². The van der Waals surface area contributed by atoms with Gasteiger partial charge in [0, 0.05) is 6.54 Å². The highest BCUT2D eigenvalue weighted by atomic mass is 32.2. The SMILES string of the molecule is C[C@@H](O[Si](C)(C)C(C)(C)C)[C@H]1C(=O)N2C(C(=O)O)=C(SC3CCNC3=O)S[C@H]12. The van der Waals surface area contributed by atoms with Crippen LogP contribution in [-0.4, -0.2) is 59.4 Å². The average Bonchev–Trinajstić information content (AvgIpc) is 3.08. The molecule has 2 N–H and O–H groups in total. The Morgan fingerprint density at radius 2 is 2.04 bits per heavy atom. The van der Waals surface area contributed by atoms with Gasteiger partial charge in [0.1, 0.15) is 5.37 Å². The summed E-state index contributed by atoms with van der Waals surface area (Å²) in [6.07, 6.45) is 0.379. The van der Waals surface area contributed by atoms with E-state index in [0.29, 0.717) is 17.2 Å². The van der Waals surface area contributed by atoms with Crippen molar-refractivity contribution in [2.45, 2.75) is 69.0 Å². The number of carboxylic acids is 1. The van der Waals surface area contributed by atoms with E-state index in [-0.39, 0.29) is 45.2 Å². The third-order valence-electron chi connectivity index (χ3n) is 5.99. The quantitative estimate of drug-likeness (QED) is 0.480. The summed E-state index contributed by atoms with van der Waals surface area (Å²) in [5, 5.41) is 11.9. The molecule has 0 aromatic carbocycles. The standard InChI is InChI=1S/C18H28N2O5S2Si/c1-9(25-28(5,6)18(2,3)4)11-14(22)20-12(16(23)24)17(27-15(11)20)26-10-7-8-19-13(10)21/h9-11,15H,7-8H2,1-6H3,(H,19,21)(H,23,24)/t9-,10?,11+,15-/m1/s1. The Labute approximate surface area is 175 Å². The molecule has 0 bridgehead atoms. The minimum Gasteiger partial charge on any atom is -0.477 e. The van der Waals surface area contributed by atoms with Crippen molar-refractivity contribution in [2.75, 3.05) is 6.54 Å². The molecule has 10 heteroatoms. The van der Waals surface area contributed by atoms with E-state index in [1.807, 2.05) is 6.92 Å². The van der Waals surface area contributed by atoms with Gasteiger partial charge in [-0.15, -0.1) is 11.8 Å². The fraction of sp³-hybridized carbons (Fsp3) is 0.722. The van der Waals surface area contributed by atoms with Crippen LogP contribution in [0.25, 0.3) is 0 Å². The van der Waals surface area contributed by atoms with Crippen LogP contribution in [-0.2, 0) is 18.8 Å². The maximum absolute atomic E-state index is 12.8. The lowest BCUT2D eigenvalue weighted by molar-refractivity contribution is -0.156. The molecule has 3 rings (SSSR count). The summed E-state index contributed by atoms with van der Waals surface area (Å²) < 4.78 is 6.96. The van der Waals surface area contributed by atoms with Gasteiger partial charge in [-0.2, -0.15) is 0 Å². The summed E-state index contributed by atoms with van der Waals surface area (Å²) in [6, 6.07) is 0. The van der Waals surface area contributed by atoms with Gasteiger partial charge in [0.2, 0.25) is 11.8 Å². The molecule has 2 fully saturated rings. The first-order valence-electron chi connectivity index (χ1n) is 9.44. The second-order valence-corrected chi connectivity index (χ2v) is 16.3. The first-order valence-corrected chi connectivity index (χ1v) is 14.1. The highest BCUT2D eigenvalue weighted by Gasteiger charge is 2.59. The highest BCUT2D eigenvalue weighted by molar-refractivity contribution is 8.23. The number of hydrogen-bond donors (Lipinski definition) is 2. The van der Waals surface area contributed by atoms with Gasteiger partial charge in [-0.05, 0) is 31.5 Å². The van der Waals surface area contributed by atoms with E-state index in [2.05, 4.69) is 39.2 Å². The van der Waals surface area contributed by atoms with Gasteiger partial charge in [-0.3, -0.25) is 14.5 Å². The van der Waals surface area contributed by atoms with Crippen LogP contribution in [0.3, 0.4) is 0 Å². The van der Waals surface area contributed by atoms with Gasteiger partial charge in [0.15, 0.2) is 14.0 Å². The zero-order chi connectivity index (χ0) is 21.0. The van der Waals surface area contributed by atoms with Crippen LogP contribution in [0.2, 0.25) is 18.1 Å². The van der Waals surface area contributed by atoms with Crippen molar-refractivity contribution in [1.82, 2.24) is 10.2 Å². The fourth-order valence-electron chi connectivity index (χ4n) is 3.35. The van der Waals surface area contributed by atoms with Crippen molar-refractivity contribution < 1.29 is 23.9 Å². The first-order chi connectivity index (χ1) is 12.8. The molecule has 156 valence electrons. The minimum absolute atomic E-state index is 0.0143. The van der Waals surface area contributed by atoms with Crippen LogP contribution in [0.15, 0.2) is 9.93 Å². The summed E-state index contributed by atoms with van der Waals surface area (Å²) >= 11 is 2.65. The monoisotopic (exact) mass is 444 g/mol. The van der Waals surface area contributed by atoms with Crippen molar-refractivity contribution in [1.29, 1.82) is 0 Å². The number of nitrogens with zero attached hydrogens (tertiary/aromatic N) is 1. The summed E-state index contributed by atoms with van der Waals surface area (Å²) in [6.45, 7) is 13.3. The van der Waals surface area contributed by atoms with Gasteiger partial charge < -0.3 is 14.8 Å². The molecule has 7 nitrogen and oxygen atoms in total. The number of nitrogens with one attached hydrogen (secondary N) is 1. The lowest BCUT2D eigenvalue weighted by atomic mass is 9.92. The number of amides is 2. The van der Waals surface area contributed by atoms with Gasteiger partial charge >= 0.3 is 5.97 Å². The molecule has 4 atom stereocenters. The number of rotatable bonds is 6. The summed E-state index contributed by atoms with van der Waals surface area (Å²) in [5.74, 6) is -1.77. The third kappa shape index (κ3) is 3.64. The Morgan fingerprint density at radius 3 is 2.54 bits per heavy atom. The first kappa shape index (κ1) is 21.7. The van der Waals surface area contributed by atoms with Crippen molar-refractivity contribution in [3.05, 3.63) is 9.93 Å². The largest absolute Gasteiger partial charge is 0.477 e. The molecule has 0 radical (unpaired) electrons. The van der Waals surface area contributed by atoms with Crippen LogP contribution in [0, 0.1) is 5.92 Å². The predicted octanol–water partition coefficient (Wildman–Crippen LogP) is 2.80. The molecular formula is C18H28N2O5S2Si. The lowest BCUT2D eigenvalue weighted by Gasteiger charge is -2.48. The molecule has 3 aliphatic rings. The zero-order valence-electron chi connectivity index (χ0n) is 17.1. The van der Waals surface area contributed by atoms with E-state index in [0.717, 1.165) is 0 Å². The molecule has 2 saturated heterocycles. The molecule has 3 aliphatic heterocycles. The summed E-state index contributed by atoms with van der Waals surface area (Å²) in [7, 11) is -2.05. The maximum atomic E-state index is 12.8. The lowest BCUT2D eigenvalue weighted by Crippen LogP contribution is -2.62. The van der Waals surface area contributed by atoms with E-state index < -0.39 is 14.3 Å². The smallest absolute Gasteiger partial charge is 0.354 e. The Bertz CT molecular complexity index is 749. The molecule has 28 heavy (non-hydrogen) atoms. The Balaban J connectivity index is 1.76. The van der Waals surface area contributed by atoms with E-state index in [4.69, 9.17) is 4.43 Å². The van der Waals surface area contributed by atoms with Crippen LogP contribution in [0.4, 0.5) is 0 Å². The van der Waals surface area contributed by atoms with Crippen molar-refractivity contribution >= 4 is 49.6 Å². The molecule has 3 heterocycles. The number of carboxylic acid groups (broad SMARTS) is 1. The Hall–Kier alpha value is -0.973. The van der Waals surface area contributed by atoms with Crippen molar-refractivity contribution in [3.8, 4) is 0 Å². The zero-order valence-corrected chi connectivity index (χ0v) is 19.7. The molecule has 0 aliphatic carbocycles. The van der Waals surface area contributed by atoms with Crippen molar-refractivity contribution in [3.63, 3.8) is 0 Å². The van der Waals surface area contributed by atoms with Gasteiger partial charge in [0.25, 0.3) is 0 Å². The molecular weight excluding hydrogens is 416 g/mol. The van der Waals surface area contributed by atoms with Gasteiger partial charge in [-0.1, -0.05) is 32.5 Å². The normalized spacial score (nSPS) is 28.9. The Morgan fingerprint density at radius 1 is 1.39 bits per heavy atom. The Kier molecular flexibility index (Phi) is 5.72. The number of fused-ring (bicyclic) bond motifs is 1. The average molecular weight is 445 g/mol.